The second kappa shape index (κ2) is 7.03. The Morgan fingerprint density at radius 2 is 2.15 bits per heavy atom. The molecule has 2 atom stereocenters. The molecule has 0 aliphatic rings. The molecular formula is C7H16Cl2O3Si. The van der Waals surface area contributed by atoms with E-state index in [1.807, 2.05) is 6.92 Å². The Balaban J connectivity index is 4.33. The van der Waals surface area contributed by atoms with E-state index in [9.17, 15) is 0 Å². The average Bonchev–Trinajstić information content (AvgIpc) is 2.14. The predicted octanol–water partition coefficient (Wildman–Crippen LogP) is 0.856. The van der Waals surface area contributed by atoms with Gasteiger partial charge in [-0.1, -0.05) is 0 Å². The van der Waals surface area contributed by atoms with Gasteiger partial charge in [0.05, 0.1) is 0 Å². The highest BCUT2D eigenvalue weighted by Crippen LogP contribution is 2.25. The lowest BCUT2D eigenvalue weighted by atomic mass is 10.3. The molecule has 0 saturated heterocycles. The fourth-order valence-electron chi connectivity index (χ4n) is 1.02. The summed E-state index contributed by atoms with van der Waals surface area (Å²) in [5.74, 6) is -0.658. The highest BCUT2D eigenvalue weighted by molar-refractivity contribution is 6.22. The molecule has 0 fully saturated rings. The van der Waals surface area contributed by atoms with Gasteiger partial charge in [-0.15, -0.1) is 23.2 Å². The van der Waals surface area contributed by atoms with E-state index in [1.54, 1.807) is 0 Å². The van der Waals surface area contributed by atoms with Crippen molar-refractivity contribution < 1.29 is 13.9 Å². The molecule has 3 nitrogen and oxygen atoms in total. The molecule has 80 valence electrons. The van der Waals surface area contributed by atoms with Crippen LogP contribution in [0, 0.1) is 0 Å². The normalized spacial score (nSPS) is 18.5. The highest BCUT2D eigenvalue weighted by Gasteiger charge is 2.38. The zero-order valence-electron chi connectivity index (χ0n) is 8.18. The fraction of sp³-hybridized carbons (Fsp3) is 1.00. The molecular weight excluding hydrogens is 231 g/mol. The van der Waals surface area contributed by atoms with Crippen molar-refractivity contribution >= 4 is 33.7 Å². The summed E-state index contributed by atoms with van der Waals surface area (Å²) in [7, 11) is 2.01. The SMILES string of the molecule is CCOC(OC)(O[SiH3])C(Cl)CCCl. The van der Waals surface area contributed by atoms with E-state index in [4.69, 9.17) is 37.1 Å². The Bertz CT molecular complexity index is 133. The molecule has 0 aliphatic heterocycles. The fourth-order valence-corrected chi connectivity index (χ4v) is 2.42. The van der Waals surface area contributed by atoms with Crippen molar-refractivity contribution in [2.24, 2.45) is 0 Å². The summed E-state index contributed by atoms with van der Waals surface area (Å²) in [4.78, 5) is 0. The number of halogens is 2. The van der Waals surface area contributed by atoms with Gasteiger partial charge in [-0.2, -0.15) is 0 Å². The van der Waals surface area contributed by atoms with E-state index in [0.717, 1.165) is 0 Å². The van der Waals surface area contributed by atoms with Crippen molar-refractivity contribution in [3.05, 3.63) is 0 Å². The first-order valence-electron chi connectivity index (χ1n) is 4.11. The van der Waals surface area contributed by atoms with Crippen molar-refractivity contribution in [3.63, 3.8) is 0 Å². The number of alkyl halides is 2. The van der Waals surface area contributed by atoms with Crippen LogP contribution in [0.15, 0.2) is 0 Å². The van der Waals surface area contributed by atoms with E-state index in [-0.39, 0.29) is 5.38 Å². The molecule has 0 rings (SSSR count). The maximum atomic E-state index is 6.05. The summed E-state index contributed by atoms with van der Waals surface area (Å²) in [5, 5.41) is -0.382. The van der Waals surface area contributed by atoms with Crippen molar-refractivity contribution in [3.8, 4) is 0 Å². The lowest BCUT2D eigenvalue weighted by Gasteiger charge is -2.34. The summed E-state index contributed by atoms with van der Waals surface area (Å²) >= 11 is 11.6. The van der Waals surface area contributed by atoms with Crippen molar-refractivity contribution in [2.75, 3.05) is 19.6 Å². The third kappa shape index (κ3) is 3.73. The second-order valence-corrected chi connectivity index (χ2v) is 3.70. The van der Waals surface area contributed by atoms with Crippen LogP contribution in [0.5, 0.6) is 0 Å². The highest BCUT2D eigenvalue weighted by atomic mass is 35.5. The summed E-state index contributed by atoms with van der Waals surface area (Å²) in [6.45, 7) is 2.35. The third-order valence-corrected chi connectivity index (χ3v) is 2.93. The summed E-state index contributed by atoms with van der Waals surface area (Å²) in [6.07, 6.45) is 0.583. The van der Waals surface area contributed by atoms with E-state index in [1.165, 1.54) is 7.11 Å². The molecule has 0 N–H and O–H groups in total. The van der Waals surface area contributed by atoms with Gasteiger partial charge in [-0.05, 0) is 13.3 Å². The minimum atomic E-state index is -1.11. The van der Waals surface area contributed by atoms with Gasteiger partial charge >= 0.3 is 0 Å². The Morgan fingerprint density at radius 3 is 2.46 bits per heavy atom. The van der Waals surface area contributed by atoms with E-state index in [0.29, 0.717) is 29.4 Å². The smallest absolute Gasteiger partial charge is 0.289 e. The van der Waals surface area contributed by atoms with E-state index < -0.39 is 5.97 Å². The molecule has 0 amide bonds. The molecule has 0 aliphatic carbocycles. The summed E-state index contributed by atoms with van der Waals surface area (Å²) in [5.41, 5.74) is 0. The van der Waals surface area contributed by atoms with Crippen LogP contribution >= 0.6 is 23.2 Å². The minimum absolute atomic E-state index is 0.382. The van der Waals surface area contributed by atoms with Crippen molar-refractivity contribution in [1.29, 1.82) is 0 Å². The topological polar surface area (TPSA) is 27.7 Å². The zero-order chi connectivity index (χ0) is 10.3. The molecule has 0 aromatic carbocycles. The predicted molar refractivity (Wildman–Crippen MR) is 57.4 cm³/mol. The van der Waals surface area contributed by atoms with Crippen LogP contribution in [0.3, 0.4) is 0 Å². The molecule has 13 heavy (non-hydrogen) atoms. The molecule has 0 bridgehead atoms. The van der Waals surface area contributed by atoms with Gasteiger partial charge in [-0.3, -0.25) is 0 Å². The first kappa shape index (κ1) is 13.7. The van der Waals surface area contributed by atoms with Gasteiger partial charge in [0.15, 0.2) is 10.5 Å². The van der Waals surface area contributed by atoms with Crippen LogP contribution in [-0.4, -0.2) is 41.4 Å². The number of hydrogen-bond acceptors (Lipinski definition) is 3. The van der Waals surface area contributed by atoms with Gasteiger partial charge in [0.2, 0.25) is 0 Å². The lowest BCUT2D eigenvalue weighted by Crippen LogP contribution is -2.46. The van der Waals surface area contributed by atoms with Gasteiger partial charge in [0.25, 0.3) is 5.97 Å². The Kier molecular flexibility index (Phi) is 7.40. The van der Waals surface area contributed by atoms with Gasteiger partial charge in [-0.25, -0.2) is 0 Å². The number of methoxy groups -OCH3 is 1. The second-order valence-electron chi connectivity index (χ2n) is 2.39. The molecule has 0 saturated carbocycles. The maximum Gasteiger partial charge on any atom is 0.289 e. The number of rotatable bonds is 7. The lowest BCUT2D eigenvalue weighted by molar-refractivity contribution is -0.331. The first-order valence-corrected chi connectivity index (χ1v) is 5.89. The van der Waals surface area contributed by atoms with Crippen LogP contribution in [0.25, 0.3) is 0 Å². The Labute approximate surface area is 92.2 Å². The summed E-state index contributed by atoms with van der Waals surface area (Å²) in [6, 6.07) is 0. The van der Waals surface area contributed by atoms with Crippen LogP contribution < -0.4 is 0 Å². The van der Waals surface area contributed by atoms with Gasteiger partial charge in [0.1, 0.15) is 5.38 Å². The Morgan fingerprint density at radius 1 is 1.54 bits per heavy atom. The average molecular weight is 247 g/mol. The molecule has 0 radical (unpaired) electrons. The first-order chi connectivity index (χ1) is 6.16. The molecule has 0 aromatic heterocycles. The summed E-state index contributed by atoms with van der Waals surface area (Å²) < 4.78 is 15.7. The van der Waals surface area contributed by atoms with Crippen molar-refractivity contribution in [1.82, 2.24) is 0 Å². The van der Waals surface area contributed by atoms with Crippen LogP contribution in [0.4, 0.5) is 0 Å². The third-order valence-electron chi connectivity index (χ3n) is 1.66. The monoisotopic (exact) mass is 246 g/mol. The largest absolute Gasteiger partial charge is 0.379 e. The number of hydrogen-bond donors (Lipinski definition) is 0. The van der Waals surface area contributed by atoms with E-state index >= 15 is 0 Å². The molecule has 0 aromatic rings. The van der Waals surface area contributed by atoms with Gasteiger partial charge in [0, 0.05) is 19.6 Å². The van der Waals surface area contributed by atoms with Crippen LogP contribution in [0.1, 0.15) is 13.3 Å². The maximum absolute atomic E-state index is 6.05. The molecule has 6 heteroatoms. The van der Waals surface area contributed by atoms with E-state index in [2.05, 4.69) is 0 Å². The van der Waals surface area contributed by atoms with Crippen molar-refractivity contribution in [2.45, 2.75) is 24.7 Å². The quantitative estimate of drug-likeness (QED) is 0.379. The van der Waals surface area contributed by atoms with Crippen LogP contribution in [-0.2, 0) is 13.9 Å². The molecule has 0 spiro atoms. The van der Waals surface area contributed by atoms with Crippen LogP contribution in [0.2, 0.25) is 0 Å². The molecule has 0 heterocycles. The molecule has 2 unspecified atom stereocenters. The standard InChI is InChI=1S/C7H16Cl2O3Si/c1-3-11-7(10-2,12-13)6(9)4-5-8/h6H,3-5H2,1-2,13H3. The zero-order valence-corrected chi connectivity index (χ0v) is 11.7. The number of ether oxygens (including phenoxy) is 2. The van der Waals surface area contributed by atoms with Gasteiger partial charge < -0.3 is 13.9 Å². The Hall–Kier alpha value is 0.677. The minimum Gasteiger partial charge on any atom is -0.379 e.